The van der Waals surface area contributed by atoms with Gasteiger partial charge in [0.25, 0.3) is 0 Å². The average molecular weight is 418 g/mol. The maximum absolute atomic E-state index is 12.6. The first kappa shape index (κ1) is 21.3. The molecule has 6 heteroatoms. The Balaban J connectivity index is 1.68. The quantitative estimate of drug-likeness (QED) is 0.279. The van der Waals surface area contributed by atoms with Crippen LogP contribution in [-0.4, -0.2) is 29.0 Å². The van der Waals surface area contributed by atoms with Gasteiger partial charge in [-0.3, -0.25) is 9.36 Å². The van der Waals surface area contributed by atoms with Gasteiger partial charge in [0.15, 0.2) is 8.46 Å². The third-order valence-corrected chi connectivity index (χ3v) is 7.59. The van der Waals surface area contributed by atoms with Crippen molar-refractivity contribution < 1.29 is 14.1 Å². The fourth-order valence-corrected chi connectivity index (χ4v) is 5.72. The third-order valence-electron chi connectivity index (χ3n) is 5.48. The summed E-state index contributed by atoms with van der Waals surface area (Å²) in [7, 11) is 0.0126. The van der Waals surface area contributed by atoms with Gasteiger partial charge in [-0.25, -0.2) is 4.98 Å². The van der Waals surface area contributed by atoms with Crippen LogP contribution in [0.25, 0.3) is 10.9 Å². The number of ether oxygens (including phenoxy) is 1. The lowest BCUT2D eigenvalue weighted by Gasteiger charge is -2.27. The third kappa shape index (κ3) is 5.78. The molecule has 1 aliphatic carbocycles. The molecule has 2 unspecified atom stereocenters. The number of aromatic nitrogens is 1. The Labute approximate surface area is 173 Å². The van der Waals surface area contributed by atoms with E-state index in [2.05, 4.69) is 11.1 Å². The Morgan fingerprint density at radius 1 is 1.21 bits per heavy atom. The highest BCUT2D eigenvalue weighted by Gasteiger charge is 2.33. The van der Waals surface area contributed by atoms with Crippen molar-refractivity contribution in [3.05, 3.63) is 36.4 Å². The number of hydrogen-bond acceptors (Lipinski definition) is 5. The van der Waals surface area contributed by atoms with E-state index in [1.165, 1.54) is 19.3 Å². The maximum atomic E-state index is 12.6. The van der Waals surface area contributed by atoms with Crippen LogP contribution in [0.1, 0.15) is 45.4 Å². The smallest absolute Gasteiger partial charge is 0.310 e. The molecule has 0 bridgehead atoms. The van der Waals surface area contributed by atoms with Gasteiger partial charge in [0.2, 0.25) is 0 Å². The largest absolute Gasteiger partial charge is 0.466 e. The second-order valence-electron chi connectivity index (χ2n) is 7.42. The molecular weight excluding hydrogens is 389 g/mol. The van der Waals surface area contributed by atoms with Gasteiger partial charge in [-0.1, -0.05) is 56.4 Å². The van der Waals surface area contributed by atoms with Crippen molar-refractivity contribution in [2.45, 2.75) is 56.1 Å². The minimum Gasteiger partial charge on any atom is -0.466 e. The minimum absolute atomic E-state index is 0.0126. The molecule has 0 N–H and O–H groups in total. The Kier molecular flexibility index (Phi) is 8.29. The van der Waals surface area contributed by atoms with E-state index in [9.17, 15) is 9.36 Å². The molecule has 3 rings (SSSR count). The van der Waals surface area contributed by atoms with Gasteiger partial charge in [0.05, 0.1) is 28.7 Å². The number of fused-ring (bicyclic) bond motifs is 1. The number of carbonyl (C=O) groups is 1. The fraction of sp³-hybridized carbons (Fsp3) is 0.545. The van der Waals surface area contributed by atoms with Crippen LogP contribution in [0.2, 0.25) is 0 Å². The van der Waals surface area contributed by atoms with Crippen molar-refractivity contribution in [1.82, 2.24) is 4.98 Å². The van der Waals surface area contributed by atoms with Crippen LogP contribution in [0.15, 0.2) is 41.4 Å². The first-order chi connectivity index (χ1) is 13.7. The van der Waals surface area contributed by atoms with Gasteiger partial charge < -0.3 is 4.74 Å². The molecule has 0 amide bonds. The summed E-state index contributed by atoms with van der Waals surface area (Å²) in [5.74, 6) is 0.618. The molecule has 1 aliphatic rings. The van der Waals surface area contributed by atoms with Crippen LogP contribution in [0, 0.1) is 11.8 Å². The SMILES string of the molecule is CCOC(=O)C(CC1CCCCC1)C(CSc1ccc2ccccc2n1)P=O. The number of esters is 1. The lowest BCUT2D eigenvalue weighted by Crippen LogP contribution is -2.31. The molecule has 28 heavy (non-hydrogen) atoms. The number of hydrogen-bond donors (Lipinski definition) is 0. The van der Waals surface area contributed by atoms with Crippen molar-refractivity contribution in [2.24, 2.45) is 11.8 Å². The first-order valence-corrected chi connectivity index (χ1v) is 12.1. The number of rotatable bonds is 9. The number of carbonyl (C=O) groups excluding carboxylic acids is 1. The van der Waals surface area contributed by atoms with Crippen molar-refractivity contribution in [1.29, 1.82) is 0 Å². The zero-order valence-corrected chi connectivity index (χ0v) is 18.1. The summed E-state index contributed by atoms with van der Waals surface area (Å²) in [5, 5.41) is 2.00. The Bertz CT molecular complexity index is 794. The summed E-state index contributed by atoms with van der Waals surface area (Å²) < 4.78 is 17.3. The molecule has 0 aliphatic heterocycles. The van der Waals surface area contributed by atoms with Gasteiger partial charge in [0, 0.05) is 11.1 Å². The number of thioether (sulfide) groups is 1. The monoisotopic (exact) mass is 417 g/mol. The summed E-state index contributed by atoms with van der Waals surface area (Å²) in [5.41, 5.74) is 0.701. The zero-order valence-electron chi connectivity index (χ0n) is 16.4. The van der Waals surface area contributed by atoms with E-state index in [0.717, 1.165) is 35.2 Å². The molecule has 2 atom stereocenters. The summed E-state index contributed by atoms with van der Waals surface area (Å²) >= 11 is 1.57. The molecule has 150 valence electrons. The molecule has 0 spiro atoms. The van der Waals surface area contributed by atoms with E-state index in [1.54, 1.807) is 11.8 Å². The van der Waals surface area contributed by atoms with Crippen LogP contribution in [0.5, 0.6) is 0 Å². The van der Waals surface area contributed by atoms with Gasteiger partial charge in [-0.15, -0.1) is 11.8 Å². The predicted molar refractivity (Wildman–Crippen MR) is 115 cm³/mol. The Morgan fingerprint density at radius 2 is 2.00 bits per heavy atom. The summed E-state index contributed by atoms with van der Waals surface area (Å²) in [4.78, 5) is 17.3. The van der Waals surface area contributed by atoms with Gasteiger partial charge in [-0.05, 0) is 31.4 Å². The molecule has 1 aromatic heterocycles. The number of benzene rings is 1. The standard InChI is InChI=1S/C22H28NO3PS/c1-2-26-22(24)18(14-16-8-4-3-5-9-16)20(27-25)15-28-21-13-12-17-10-6-7-11-19(17)23-21/h6-7,10-13,16,18,20H,2-5,8-9,14-15H2,1H3. The second kappa shape index (κ2) is 10.9. The van der Waals surface area contributed by atoms with Crippen LogP contribution < -0.4 is 0 Å². The summed E-state index contributed by atoms with van der Waals surface area (Å²) in [6.07, 6.45) is 6.86. The van der Waals surface area contributed by atoms with E-state index >= 15 is 0 Å². The summed E-state index contributed by atoms with van der Waals surface area (Å²) in [6.45, 7) is 2.19. The van der Waals surface area contributed by atoms with Crippen molar-refractivity contribution in [3.63, 3.8) is 0 Å². The highest BCUT2D eigenvalue weighted by Crippen LogP contribution is 2.35. The second-order valence-corrected chi connectivity index (χ2v) is 9.34. The highest BCUT2D eigenvalue weighted by molar-refractivity contribution is 7.99. The zero-order chi connectivity index (χ0) is 19.8. The van der Waals surface area contributed by atoms with E-state index in [1.807, 2.05) is 37.3 Å². The summed E-state index contributed by atoms with van der Waals surface area (Å²) in [6, 6.07) is 12.1. The first-order valence-electron chi connectivity index (χ1n) is 10.2. The molecule has 0 radical (unpaired) electrons. The molecule has 1 aromatic carbocycles. The Hall–Kier alpha value is -1.45. The van der Waals surface area contributed by atoms with E-state index in [4.69, 9.17) is 4.74 Å². The van der Waals surface area contributed by atoms with E-state index in [-0.39, 0.29) is 26.0 Å². The molecule has 1 heterocycles. The molecule has 1 fully saturated rings. The normalized spacial score (nSPS) is 17.5. The van der Waals surface area contributed by atoms with E-state index in [0.29, 0.717) is 18.3 Å². The van der Waals surface area contributed by atoms with Crippen molar-refractivity contribution >= 4 is 37.1 Å². The van der Waals surface area contributed by atoms with Crippen molar-refractivity contribution in [3.8, 4) is 0 Å². The molecule has 4 nitrogen and oxygen atoms in total. The van der Waals surface area contributed by atoms with Gasteiger partial charge >= 0.3 is 5.97 Å². The van der Waals surface area contributed by atoms with Crippen LogP contribution in [0.3, 0.4) is 0 Å². The van der Waals surface area contributed by atoms with Gasteiger partial charge in [0.1, 0.15) is 0 Å². The predicted octanol–water partition coefficient (Wildman–Crippen LogP) is 6.14. The topological polar surface area (TPSA) is 56.3 Å². The van der Waals surface area contributed by atoms with Gasteiger partial charge in [-0.2, -0.15) is 0 Å². The Morgan fingerprint density at radius 3 is 2.75 bits per heavy atom. The lowest BCUT2D eigenvalue weighted by molar-refractivity contribution is -0.148. The fourth-order valence-electron chi connectivity index (χ4n) is 3.96. The van der Waals surface area contributed by atoms with Crippen LogP contribution in [-0.2, 0) is 14.1 Å². The van der Waals surface area contributed by atoms with Crippen LogP contribution in [0.4, 0.5) is 0 Å². The number of nitrogens with zero attached hydrogens (tertiary/aromatic N) is 1. The molecular formula is C22H28NO3PS. The molecule has 0 saturated heterocycles. The number of pyridine rings is 1. The number of para-hydroxylation sites is 1. The highest BCUT2D eigenvalue weighted by atomic mass is 32.2. The van der Waals surface area contributed by atoms with Crippen LogP contribution >= 0.6 is 20.2 Å². The van der Waals surface area contributed by atoms with E-state index < -0.39 is 0 Å². The molecule has 1 saturated carbocycles. The minimum atomic E-state index is -0.310. The average Bonchev–Trinajstić information content (AvgIpc) is 2.74. The molecule has 2 aromatic rings. The van der Waals surface area contributed by atoms with Crippen molar-refractivity contribution in [2.75, 3.05) is 12.4 Å². The maximum Gasteiger partial charge on any atom is 0.310 e. The lowest BCUT2D eigenvalue weighted by atomic mass is 9.82.